The second kappa shape index (κ2) is 76.2. The fourth-order valence-electron chi connectivity index (χ4n) is 12.4. The topological polar surface area (TPSA) is 134 Å². The maximum atomic E-state index is 12.8. The lowest BCUT2D eigenvalue weighted by Crippen LogP contribution is -2.29. The van der Waals surface area contributed by atoms with Gasteiger partial charge in [-0.05, 0) is 51.4 Å². The Labute approximate surface area is 560 Å². The molecular weight excluding hydrogens is 1130 g/mol. The van der Waals surface area contributed by atoms with Gasteiger partial charge in [0, 0.05) is 19.4 Å². The van der Waals surface area contributed by atoms with Gasteiger partial charge in [0.25, 0.3) is 0 Å². The van der Waals surface area contributed by atoms with Gasteiger partial charge in [-0.2, -0.15) is 0 Å². The average Bonchev–Trinajstić information content (AvgIpc) is 3.75. The number of phosphoric acid groups is 1. The summed E-state index contributed by atoms with van der Waals surface area (Å²) in [6.07, 6.45) is 97.2. The summed E-state index contributed by atoms with van der Waals surface area (Å²) >= 11 is 0. The van der Waals surface area contributed by atoms with Crippen molar-refractivity contribution in [3.8, 4) is 0 Å². The molecule has 0 aromatic carbocycles. The van der Waals surface area contributed by atoms with E-state index in [0.29, 0.717) is 6.42 Å². The molecule has 2 atom stereocenters. The fraction of sp³-hybridized carbons (Fsp3) is 0.900. The normalized spacial score (nSPS) is 13.0. The van der Waals surface area contributed by atoms with E-state index < -0.39 is 26.5 Å². The van der Waals surface area contributed by atoms with Gasteiger partial charge in [0.2, 0.25) is 0 Å². The molecule has 90 heavy (non-hydrogen) atoms. The number of nitrogens with two attached hydrogens (primary N) is 1. The minimum Gasteiger partial charge on any atom is -0.462 e. The zero-order valence-electron chi connectivity index (χ0n) is 60.2. The van der Waals surface area contributed by atoms with Crippen LogP contribution in [0.2, 0.25) is 0 Å². The van der Waals surface area contributed by atoms with Crippen LogP contribution in [0.25, 0.3) is 0 Å². The van der Waals surface area contributed by atoms with E-state index in [0.717, 1.165) is 44.9 Å². The summed E-state index contributed by atoms with van der Waals surface area (Å²) in [4.78, 5) is 35.5. The molecule has 0 heterocycles. The summed E-state index contributed by atoms with van der Waals surface area (Å²) < 4.78 is 33.3. The third-order valence-corrected chi connectivity index (χ3v) is 19.3. The van der Waals surface area contributed by atoms with Crippen molar-refractivity contribution in [1.82, 2.24) is 0 Å². The lowest BCUT2D eigenvalue weighted by Gasteiger charge is -2.19. The maximum Gasteiger partial charge on any atom is 0.472 e. The Morgan fingerprint density at radius 1 is 0.333 bits per heavy atom. The van der Waals surface area contributed by atoms with Crippen molar-refractivity contribution < 1.29 is 37.6 Å². The largest absolute Gasteiger partial charge is 0.472 e. The molecule has 0 rings (SSSR count). The van der Waals surface area contributed by atoms with E-state index in [1.165, 1.54) is 353 Å². The highest BCUT2D eigenvalue weighted by Gasteiger charge is 2.26. The molecule has 0 aromatic rings. The summed E-state index contributed by atoms with van der Waals surface area (Å²) in [6, 6.07) is 0. The second-order valence-corrected chi connectivity index (χ2v) is 28.8. The van der Waals surface area contributed by atoms with Crippen LogP contribution in [-0.2, 0) is 32.7 Å². The number of carbonyl (C=O) groups excluding carboxylic acids is 2. The van der Waals surface area contributed by atoms with Gasteiger partial charge >= 0.3 is 19.8 Å². The Hall–Kier alpha value is -1.77. The van der Waals surface area contributed by atoms with E-state index in [4.69, 9.17) is 24.3 Å². The molecule has 0 fully saturated rings. The van der Waals surface area contributed by atoms with Crippen LogP contribution in [0.15, 0.2) is 36.5 Å². The van der Waals surface area contributed by atoms with Crippen LogP contribution >= 0.6 is 7.82 Å². The molecule has 0 radical (unpaired) electrons. The zero-order valence-corrected chi connectivity index (χ0v) is 61.1. The van der Waals surface area contributed by atoms with Gasteiger partial charge in [-0.15, -0.1) is 0 Å². The molecule has 0 spiro atoms. The average molecular weight is 1290 g/mol. The first-order chi connectivity index (χ1) is 44.3. The highest BCUT2D eigenvalue weighted by atomic mass is 31.2. The Morgan fingerprint density at radius 3 is 0.856 bits per heavy atom. The molecule has 0 saturated heterocycles. The van der Waals surface area contributed by atoms with Crippen molar-refractivity contribution in [2.45, 2.75) is 437 Å². The van der Waals surface area contributed by atoms with Crippen LogP contribution in [0.3, 0.4) is 0 Å². The number of allylic oxidation sites excluding steroid dienone is 6. The van der Waals surface area contributed by atoms with Gasteiger partial charge in [0.15, 0.2) is 6.10 Å². The first-order valence-corrected chi connectivity index (χ1v) is 41.5. The summed E-state index contributed by atoms with van der Waals surface area (Å²) in [7, 11) is -4.39. The van der Waals surface area contributed by atoms with E-state index in [1.54, 1.807) is 0 Å². The zero-order chi connectivity index (χ0) is 65.1. The SMILES string of the molecule is CCCCCCC/C=C\C/C=C\C/C=C\CCCCCCCCCCCCCCCCCCCCCCCCC(=O)OC(COC(=O)CCCCCCCCCCCCCCCCCCCCCCCCCCCCCCCCCC)COP(=O)(O)OCCN. The summed E-state index contributed by atoms with van der Waals surface area (Å²) in [5, 5.41) is 0. The molecule has 532 valence electrons. The number of esters is 2. The van der Waals surface area contributed by atoms with E-state index in [-0.39, 0.29) is 38.6 Å². The molecule has 0 aliphatic heterocycles. The van der Waals surface area contributed by atoms with Crippen molar-refractivity contribution >= 4 is 19.8 Å². The van der Waals surface area contributed by atoms with Crippen LogP contribution in [0.1, 0.15) is 431 Å². The Morgan fingerprint density at radius 2 is 0.578 bits per heavy atom. The highest BCUT2D eigenvalue weighted by Crippen LogP contribution is 2.43. The minimum absolute atomic E-state index is 0.0568. The summed E-state index contributed by atoms with van der Waals surface area (Å²) in [5.41, 5.74) is 5.42. The van der Waals surface area contributed by atoms with Crippen LogP contribution in [0, 0.1) is 0 Å². The first-order valence-electron chi connectivity index (χ1n) is 40.0. The summed E-state index contributed by atoms with van der Waals surface area (Å²) in [6.45, 7) is 3.82. The number of hydrogen-bond acceptors (Lipinski definition) is 8. The van der Waals surface area contributed by atoms with E-state index in [1.807, 2.05) is 0 Å². The van der Waals surface area contributed by atoms with Crippen molar-refractivity contribution in [1.29, 1.82) is 0 Å². The third-order valence-electron chi connectivity index (χ3n) is 18.3. The lowest BCUT2D eigenvalue weighted by atomic mass is 10.0. The molecule has 0 aliphatic rings. The molecule has 0 bridgehead atoms. The monoisotopic (exact) mass is 1290 g/mol. The van der Waals surface area contributed by atoms with Crippen LogP contribution in [0.4, 0.5) is 0 Å². The van der Waals surface area contributed by atoms with Gasteiger partial charge in [0.1, 0.15) is 6.61 Å². The standard InChI is InChI=1S/C80H154NO8P/c1-3-5-7-9-11-13-15-17-19-21-23-25-27-29-31-33-35-37-38-39-40-41-43-45-47-49-51-53-55-57-59-61-63-65-67-69-71-73-80(83)89-78(77-88-90(84,85)87-75-74-81)76-86-79(82)72-70-68-66-64-62-60-58-56-54-52-50-48-46-44-42-36-34-32-30-28-26-24-22-20-18-16-14-12-10-8-6-4-2/h15,17,21,23,27,29,78H,3-14,16,18-20,22,24-26,28,30-77,81H2,1-2H3,(H,84,85)/b17-15-,23-21-,29-27-. The fourth-order valence-corrected chi connectivity index (χ4v) is 13.1. The molecular formula is C80H154NO8P. The number of hydrogen-bond donors (Lipinski definition) is 2. The van der Waals surface area contributed by atoms with E-state index in [2.05, 4.69) is 50.3 Å². The Bertz CT molecular complexity index is 1570. The Balaban J connectivity index is 3.75. The van der Waals surface area contributed by atoms with Crippen molar-refractivity contribution in [3.05, 3.63) is 36.5 Å². The molecule has 0 aliphatic carbocycles. The molecule has 0 aromatic heterocycles. The smallest absolute Gasteiger partial charge is 0.462 e. The van der Waals surface area contributed by atoms with Crippen molar-refractivity contribution in [3.63, 3.8) is 0 Å². The van der Waals surface area contributed by atoms with E-state index >= 15 is 0 Å². The predicted octanol–water partition coefficient (Wildman–Crippen LogP) is 26.6. The number of phosphoric ester groups is 1. The quantitative estimate of drug-likeness (QED) is 0.0264. The number of rotatable bonds is 77. The number of carbonyl (C=O) groups is 2. The van der Waals surface area contributed by atoms with E-state index in [9.17, 15) is 19.0 Å². The van der Waals surface area contributed by atoms with Gasteiger partial charge in [-0.1, -0.05) is 403 Å². The Kier molecular flexibility index (Phi) is 74.8. The second-order valence-electron chi connectivity index (χ2n) is 27.3. The number of unbranched alkanes of at least 4 members (excludes halogenated alkanes) is 58. The summed E-state index contributed by atoms with van der Waals surface area (Å²) in [5.74, 6) is -0.800. The van der Waals surface area contributed by atoms with Crippen molar-refractivity contribution in [2.24, 2.45) is 5.73 Å². The minimum atomic E-state index is -4.39. The molecule has 9 nitrogen and oxygen atoms in total. The first kappa shape index (κ1) is 88.2. The highest BCUT2D eigenvalue weighted by molar-refractivity contribution is 7.47. The van der Waals surface area contributed by atoms with Gasteiger partial charge < -0.3 is 20.1 Å². The van der Waals surface area contributed by atoms with Crippen LogP contribution < -0.4 is 5.73 Å². The molecule has 2 unspecified atom stereocenters. The maximum absolute atomic E-state index is 12.8. The molecule has 0 amide bonds. The molecule has 10 heteroatoms. The van der Waals surface area contributed by atoms with Gasteiger partial charge in [0.05, 0.1) is 13.2 Å². The molecule has 3 N–H and O–H groups in total. The van der Waals surface area contributed by atoms with Gasteiger partial charge in [-0.3, -0.25) is 18.6 Å². The number of ether oxygens (including phenoxy) is 2. The third kappa shape index (κ3) is 75.3. The van der Waals surface area contributed by atoms with Gasteiger partial charge in [-0.25, -0.2) is 4.57 Å². The lowest BCUT2D eigenvalue weighted by molar-refractivity contribution is -0.161. The van der Waals surface area contributed by atoms with Crippen LogP contribution in [-0.4, -0.2) is 49.3 Å². The van der Waals surface area contributed by atoms with Crippen molar-refractivity contribution in [2.75, 3.05) is 26.4 Å². The molecule has 0 saturated carbocycles. The predicted molar refractivity (Wildman–Crippen MR) is 390 cm³/mol. The van der Waals surface area contributed by atoms with Crippen LogP contribution in [0.5, 0.6) is 0 Å².